The van der Waals surface area contributed by atoms with Crippen LogP contribution in [0.3, 0.4) is 0 Å². The van der Waals surface area contributed by atoms with Gasteiger partial charge in [-0.2, -0.15) is 5.10 Å². The molecule has 1 aromatic heterocycles. The third-order valence-corrected chi connectivity index (χ3v) is 4.08. The SMILES string of the molecule is COc1ccc(CN)cc1S(=O)(=O)Nc1ccn(C)n1. The van der Waals surface area contributed by atoms with Crippen LogP contribution < -0.4 is 15.2 Å². The van der Waals surface area contributed by atoms with Gasteiger partial charge in [-0.05, 0) is 17.7 Å². The van der Waals surface area contributed by atoms with E-state index in [-0.39, 0.29) is 23.0 Å². The van der Waals surface area contributed by atoms with E-state index in [2.05, 4.69) is 9.82 Å². The number of aryl methyl sites for hydroxylation is 1. The van der Waals surface area contributed by atoms with Crippen LogP contribution in [-0.4, -0.2) is 25.3 Å². The lowest BCUT2D eigenvalue weighted by Crippen LogP contribution is -2.15. The highest BCUT2D eigenvalue weighted by Gasteiger charge is 2.21. The Kier molecular flexibility index (Phi) is 3.96. The van der Waals surface area contributed by atoms with Crippen molar-refractivity contribution in [1.82, 2.24) is 9.78 Å². The molecule has 0 bridgehead atoms. The minimum atomic E-state index is -3.78. The number of anilines is 1. The van der Waals surface area contributed by atoms with Crippen molar-refractivity contribution in [3.63, 3.8) is 0 Å². The van der Waals surface area contributed by atoms with Gasteiger partial charge in [0.05, 0.1) is 7.11 Å². The Labute approximate surface area is 117 Å². The second-order valence-corrected chi connectivity index (χ2v) is 5.82. The van der Waals surface area contributed by atoms with Gasteiger partial charge >= 0.3 is 0 Å². The van der Waals surface area contributed by atoms with E-state index in [4.69, 9.17) is 10.5 Å². The number of rotatable bonds is 5. The number of nitrogens with zero attached hydrogens (tertiary/aromatic N) is 2. The summed E-state index contributed by atoms with van der Waals surface area (Å²) in [6.45, 7) is 0.246. The molecule has 0 aliphatic heterocycles. The molecule has 0 radical (unpaired) electrons. The average Bonchev–Trinajstić information content (AvgIpc) is 2.82. The molecule has 0 saturated carbocycles. The minimum Gasteiger partial charge on any atom is -0.495 e. The minimum absolute atomic E-state index is 0.0357. The molecule has 0 amide bonds. The molecular weight excluding hydrogens is 280 g/mol. The van der Waals surface area contributed by atoms with Gasteiger partial charge in [0.2, 0.25) is 0 Å². The Morgan fingerprint density at radius 3 is 2.70 bits per heavy atom. The smallest absolute Gasteiger partial charge is 0.266 e. The van der Waals surface area contributed by atoms with Crippen LogP contribution in [0.5, 0.6) is 5.75 Å². The number of aromatic nitrogens is 2. The first kappa shape index (κ1) is 14.4. The van der Waals surface area contributed by atoms with Gasteiger partial charge in [0.15, 0.2) is 5.82 Å². The van der Waals surface area contributed by atoms with Gasteiger partial charge < -0.3 is 10.5 Å². The highest BCUT2D eigenvalue weighted by molar-refractivity contribution is 7.92. The zero-order valence-electron chi connectivity index (χ0n) is 11.2. The number of ether oxygens (including phenoxy) is 1. The fourth-order valence-electron chi connectivity index (χ4n) is 1.72. The monoisotopic (exact) mass is 296 g/mol. The maximum atomic E-state index is 12.4. The lowest BCUT2D eigenvalue weighted by atomic mass is 10.2. The zero-order chi connectivity index (χ0) is 14.8. The van der Waals surface area contributed by atoms with Crippen molar-refractivity contribution in [1.29, 1.82) is 0 Å². The summed E-state index contributed by atoms with van der Waals surface area (Å²) in [6.07, 6.45) is 1.64. The maximum absolute atomic E-state index is 12.4. The molecule has 0 spiro atoms. The highest BCUT2D eigenvalue weighted by atomic mass is 32.2. The Balaban J connectivity index is 2.42. The van der Waals surface area contributed by atoms with Gasteiger partial charge in [0.25, 0.3) is 10.0 Å². The van der Waals surface area contributed by atoms with Crippen LogP contribution >= 0.6 is 0 Å². The molecule has 1 heterocycles. The molecule has 7 nitrogen and oxygen atoms in total. The van der Waals surface area contributed by atoms with Gasteiger partial charge in [-0.1, -0.05) is 6.07 Å². The molecular formula is C12H16N4O3S. The highest BCUT2D eigenvalue weighted by Crippen LogP contribution is 2.26. The Morgan fingerprint density at radius 1 is 1.40 bits per heavy atom. The summed E-state index contributed by atoms with van der Waals surface area (Å²) in [5.41, 5.74) is 6.24. The van der Waals surface area contributed by atoms with Gasteiger partial charge in [0, 0.05) is 25.9 Å². The summed E-state index contributed by atoms with van der Waals surface area (Å²) < 4.78 is 33.7. The first-order valence-electron chi connectivity index (χ1n) is 5.85. The Bertz CT molecular complexity index is 709. The first-order chi connectivity index (χ1) is 9.46. The van der Waals surface area contributed by atoms with Crippen LogP contribution in [0.25, 0.3) is 0 Å². The van der Waals surface area contributed by atoms with E-state index in [1.54, 1.807) is 31.4 Å². The normalized spacial score (nSPS) is 11.3. The average molecular weight is 296 g/mol. The molecule has 1 aromatic carbocycles. The molecule has 20 heavy (non-hydrogen) atoms. The van der Waals surface area contributed by atoms with E-state index in [1.807, 2.05) is 0 Å². The molecule has 8 heteroatoms. The van der Waals surface area contributed by atoms with Crippen LogP contribution in [-0.2, 0) is 23.6 Å². The van der Waals surface area contributed by atoms with Gasteiger partial charge in [-0.25, -0.2) is 8.42 Å². The van der Waals surface area contributed by atoms with Crippen LogP contribution in [0.15, 0.2) is 35.4 Å². The number of sulfonamides is 1. The number of methoxy groups -OCH3 is 1. The summed E-state index contributed by atoms with van der Waals surface area (Å²) in [5, 5.41) is 3.98. The van der Waals surface area contributed by atoms with E-state index < -0.39 is 10.0 Å². The first-order valence-corrected chi connectivity index (χ1v) is 7.34. The summed E-state index contributed by atoms with van der Waals surface area (Å²) in [7, 11) is -0.666. The van der Waals surface area contributed by atoms with E-state index in [0.29, 0.717) is 5.56 Å². The van der Waals surface area contributed by atoms with Crippen LogP contribution in [0.2, 0.25) is 0 Å². The van der Waals surface area contributed by atoms with E-state index >= 15 is 0 Å². The largest absolute Gasteiger partial charge is 0.495 e. The molecule has 0 unspecified atom stereocenters. The van der Waals surface area contributed by atoms with Crippen molar-refractivity contribution in [2.75, 3.05) is 11.8 Å². The summed E-state index contributed by atoms with van der Waals surface area (Å²) >= 11 is 0. The quantitative estimate of drug-likeness (QED) is 0.845. The zero-order valence-corrected chi connectivity index (χ0v) is 12.0. The maximum Gasteiger partial charge on any atom is 0.266 e. The fourth-order valence-corrected chi connectivity index (χ4v) is 2.94. The molecule has 0 atom stereocenters. The second-order valence-electron chi connectivity index (χ2n) is 4.17. The van der Waals surface area contributed by atoms with E-state index in [9.17, 15) is 8.42 Å². The predicted octanol–water partition coefficient (Wildman–Crippen LogP) is 0.688. The number of benzene rings is 1. The van der Waals surface area contributed by atoms with E-state index in [0.717, 1.165) is 0 Å². The van der Waals surface area contributed by atoms with Crippen LogP contribution in [0, 0.1) is 0 Å². The molecule has 0 saturated heterocycles. The predicted molar refractivity (Wildman–Crippen MR) is 74.9 cm³/mol. The van der Waals surface area contributed by atoms with Gasteiger partial charge in [-0.15, -0.1) is 0 Å². The topological polar surface area (TPSA) is 99.2 Å². The lowest BCUT2D eigenvalue weighted by Gasteiger charge is -2.11. The van der Waals surface area contributed by atoms with Crippen molar-refractivity contribution < 1.29 is 13.2 Å². The van der Waals surface area contributed by atoms with Crippen molar-refractivity contribution in [2.24, 2.45) is 12.8 Å². The molecule has 3 N–H and O–H groups in total. The molecule has 108 valence electrons. The number of nitrogens with one attached hydrogen (secondary N) is 1. The Morgan fingerprint density at radius 2 is 2.15 bits per heavy atom. The van der Waals surface area contributed by atoms with Crippen molar-refractivity contribution >= 4 is 15.8 Å². The van der Waals surface area contributed by atoms with Gasteiger partial charge in [-0.3, -0.25) is 9.40 Å². The number of hydrogen-bond donors (Lipinski definition) is 2. The molecule has 0 aliphatic carbocycles. The van der Waals surface area contributed by atoms with Crippen LogP contribution in [0.4, 0.5) is 5.82 Å². The molecule has 0 fully saturated rings. The van der Waals surface area contributed by atoms with Crippen molar-refractivity contribution in [2.45, 2.75) is 11.4 Å². The molecule has 2 aromatic rings. The van der Waals surface area contributed by atoms with Gasteiger partial charge in [0.1, 0.15) is 10.6 Å². The third-order valence-electron chi connectivity index (χ3n) is 2.71. The summed E-state index contributed by atoms with van der Waals surface area (Å²) in [6, 6.07) is 6.36. The second kappa shape index (κ2) is 5.51. The number of hydrogen-bond acceptors (Lipinski definition) is 5. The number of nitrogens with two attached hydrogens (primary N) is 1. The molecule has 0 aliphatic rings. The lowest BCUT2D eigenvalue weighted by molar-refractivity contribution is 0.402. The standard InChI is InChI=1S/C12H16N4O3S/c1-16-6-5-12(14-16)15-20(17,18)11-7-9(8-13)3-4-10(11)19-2/h3-7H,8,13H2,1-2H3,(H,14,15). The van der Waals surface area contributed by atoms with E-state index in [1.165, 1.54) is 17.9 Å². The fraction of sp³-hybridized carbons (Fsp3) is 0.250. The third kappa shape index (κ3) is 2.91. The summed E-state index contributed by atoms with van der Waals surface area (Å²) in [5.74, 6) is 0.498. The van der Waals surface area contributed by atoms with Crippen molar-refractivity contribution in [3.05, 3.63) is 36.0 Å². The summed E-state index contributed by atoms with van der Waals surface area (Å²) in [4.78, 5) is 0.0357. The Hall–Kier alpha value is -2.06. The van der Waals surface area contributed by atoms with Crippen molar-refractivity contribution in [3.8, 4) is 5.75 Å². The van der Waals surface area contributed by atoms with Crippen LogP contribution in [0.1, 0.15) is 5.56 Å². The molecule has 2 rings (SSSR count).